The number of halogens is 1. The number of hydrogen-bond acceptors (Lipinski definition) is 9. The summed E-state index contributed by atoms with van der Waals surface area (Å²) in [7, 11) is 0. The number of fused-ring (bicyclic) bond motifs is 1. The van der Waals surface area contributed by atoms with Crippen LogP contribution in [0.2, 0.25) is 5.02 Å². The van der Waals surface area contributed by atoms with Gasteiger partial charge in [0.25, 0.3) is 6.02 Å². The predicted octanol–water partition coefficient (Wildman–Crippen LogP) is 5.35. The normalized spacial score (nSPS) is 16.3. The quantitative estimate of drug-likeness (QED) is 0.353. The largest absolute Gasteiger partial charge is 0.486 e. The van der Waals surface area contributed by atoms with Gasteiger partial charge in [-0.15, -0.1) is 0 Å². The molecule has 0 saturated carbocycles. The van der Waals surface area contributed by atoms with Gasteiger partial charge in [-0.3, -0.25) is 4.98 Å². The van der Waals surface area contributed by atoms with E-state index >= 15 is 0 Å². The minimum absolute atomic E-state index is 0.181. The Kier molecular flexibility index (Phi) is 6.46. The molecule has 0 radical (unpaired) electrons. The van der Waals surface area contributed by atoms with Gasteiger partial charge in [0.1, 0.15) is 36.6 Å². The van der Waals surface area contributed by atoms with Crippen molar-refractivity contribution in [3.8, 4) is 5.75 Å². The number of amidine groups is 1. The maximum Gasteiger partial charge on any atom is 0.289 e. The highest BCUT2D eigenvalue weighted by Crippen LogP contribution is 2.33. The van der Waals surface area contributed by atoms with Gasteiger partial charge in [0.2, 0.25) is 0 Å². The highest BCUT2D eigenvalue weighted by atomic mass is 35.5. The van der Waals surface area contributed by atoms with Crippen LogP contribution in [-0.2, 0) is 16.1 Å². The van der Waals surface area contributed by atoms with Gasteiger partial charge >= 0.3 is 0 Å². The smallest absolute Gasteiger partial charge is 0.289 e. The highest BCUT2D eigenvalue weighted by molar-refractivity contribution is 6.32. The summed E-state index contributed by atoms with van der Waals surface area (Å²) in [6.45, 7) is 2.34. The Bertz CT molecular complexity index is 1440. The van der Waals surface area contributed by atoms with Gasteiger partial charge in [-0.2, -0.15) is 0 Å². The third-order valence-corrected chi connectivity index (χ3v) is 6.72. The second kappa shape index (κ2) is 10.2. The summed E-state index contributed by atoms with van der Waals surface area (Å²) in [5.41, 5.74) is 3.07. The average Bonchev–Trinajstić information content (AvgIpc) is 3.30. The second-order valence-electron chi connectivity index (χ2n) is 9.00. The van der Waals surface area contributed by atoms with Crippen molar-refractivity contribution in [2.45, 2.75) is 25.0 Å². The number of nitrogens with zero attached hydrogens (tertiary/aromatic N) is 4. The molecule has 9 nitrogen and oxygen atoms in total. The van der Waals surface area contributed by atoms with Crippen molar-refractivity contribution in [1.29, 1.82) is 0 Å². The molecule has 2 N–H and O–H groups in total. The first-order chi connectivity index (χ1) is 18.2. The summed E-state index contributed by atoms with van der Waals surface area (Å²) >= 11 is 6.50. The third-order valence-electron chi connectivity index (χ3n) is 6.42. The second-order valence-corrected chi connectivity index (χ2v) is 9.41. The van der Waals surface area contributed by atoms with Gasteiger partial charge in [0, 0.05) is 36.2 Å². The number of anilines is 3. The Balaban J connectivity index is 1.18. The Labute approximate surface area is 218 Å². The molecule has 4 aromatic rings. The number of nitrogens with one attached hydrogen (secondary N) is 2. The lowest BCUT2D eigenvalue weighted by Crippen LogP contribution is -2.35. The number of aliphatic imine (C=N–C) groups is 1. The van der Waals surface area contributed by atoms with E-state index < -0.39 is 0 Å². The van der Waals surface area contributed by atoms with Gasteiger partial charge in [0.05, 0.1) is 16.2 Å². The van der Waals surface area contributed by atoms with E-state index in [2.05, 4.69) is 25.6 Å². The molecule has 2 aromatic heterocycles. The first-order valence-electron chi connectivity index (χ1n) is 12.1. The molecule has 0 amide bonds. The monoisotopic (exact) mass is 516 g/mol. The van der Waals surface area contributed by atoms with Crippen LogP contribution in [-0.4, -0.2) is 46.3 Å². The molecule has 2 aliphatic rings. The molecule has 188 valence electrons. The lowest BCUT2D eigenvalue weighted by Gasteiger charge is -2.27. The fraction of sp³-hybridized carbons (Fsp3) is 0.259. The lowest BCUT2D eigenvalue weighted by atomic mass is 9.92. The molecule has 10 heteroatoms. The zero-order chi connectivity index (χ0) is 25.1. The fourth-order valence-corrected chi connectivity index (χ4v) is 4.61. The third kappa shape index (κ3) is 5.28. The van der Waals surface area contributed by atoms with E-state index in [-0.39, 0.29) is 5.54 Å². The SMILES string of the molecule is Clc1cc(Nc2ncnc3ccc(NC4=NC5(CCOCC5)CO4)cc23)ccc1OCc1ccccn1. The van der Waals surface area contributed by atoms with Crippen LogP contribution in [0.15, 0.2) is 72.1 Å². The highest BCUT2D eigenvalue weighted by Gasteiger charge is 2.38. The summed E-state index contributed by atoms with van der Waals surface area (Å²) in [5.74, 6) is 1.23. The molecule has 2 aliphatic heterocycles. The zero-order valence-electron chi connectivity index (χ0n) is 20.0. The van der Waals surface area contributed by atoms with Crippen molar-refractivity contribution >= 4 is 45.7 Å². The van der Waals surface area contributed by atoms with Crippen molar-refractivity contribution in [2.75, 3.05) is 30.5 Å². The molecule has 1 spiro atoms. The van der Waals surface area contributed by atoms with Gasteiger partial charge in [-0.25, -0.2) is 15.0 Å². The molecule has 0 aliphatic carbocycles. The van der Waals surface area contributed by atoms with E-state index in [4.69, 9.17) is 30.8 Å². The molecule has 0 atom stereocenters. The molecule has 2 aromatic carbocycles. The molecule has 1 saturated heterocycles. The van der Waals surface area contributed by atoms with Gasteiger partial charge in [-0.05, 0) is 61.4 Å². The van der Waals surface area contributed by atoms with Crippen LogP contribution in [0.3, 0.4) is 0 Å². The van der Waals surface area contributed by atoms with E-state index in [1.807, 2.05) is 48.5 Å². The molecule has 37 heavy (non-hydrogen) atoms. The number of pyridine rings is 1. The van der Waals surface area contributed by atoms with Crippen molar-refractivity contribution in [3.05, 3.63) is 77.8 Å². The van der Waals surface area contributed by atoms with Gasteiger partial charge < -0.3 is 24.8 Å². The lowest BCUT2D eigenvalue weighted by molar-refractivity contribution is 0.0442. The van der Waals surface area contributed by atoms with E-state index in [1.54, 1.807) is 12.3 Å². The molecular formula is C27H25ClN6O3. The molecule has 1 fully saturated rings. The maximum absolute atomic E-state index is 6.50. The summed E-state index contributed by atoms with van der Waals surface area (Å²) in [6.07, 6.45) is 5.00. The first-order valence-corrected chi connectivity index (χ1v) is 12.5. The van der Waals surface area contributed by atoms with Crippen molar-refractivity contribution < 1.29 is 14.2 Å². The van der Waals surface area contributed by atoms with Gasteiger partial charge in [-0.1, -0.05) is 17.7 Å². The van der Waals surface area contributed by atoms with E-state index in [1.165, 1.54) is 6.33 Å². The maximum atomic E-state index is 6.50. The Morgan fingerprint density at radius 3 is 2.65 bits per heavy atom. The van der Waals surface area contributed by atoms with Crippen molar-refractivity contribution in [2.24, 2.45) is 4.99 Å². The summed E-state index contributed by atoms with van der Waals surface area (Å²) < 4.78 is 17.2. The van der Waals surface area contributed by atoms with E-state index in [0.717, 1.165) is 40.8 Å². The van der Waals surface area contributed by atoms with Crippen LogP contribution in [0.1, 0.15) is 18.5 Å². The minimum Gasteiger partial charge on any atom is -0.486 e. The van der Waals surface area contributed by atoms with Crippen LogP contribution in [0.5, 0.6) is 5.75 Å². The molecule has 4 heterocycles. The van der Waals surface area contributed by atoms with Crippen LogP contribution in [0.25, 0.3) is 10.9 Å². The number of aromatic nitrogens is 3. The molecular weight excluding hydrogens is 492 g/mol. The summed E-state index contributed by atoms with van der Waals surface area (Å²) in [6, 6.07) is 17.6. The summed E-state index contributed by atoms with van der Waals surface area (Å²) in [5, 5.41) is 7.98. The topological polar surface area (TPSA) is 103 Å². The number of rotatable bonds is 6. The Morgan fingerprint density at radius 1 is 0.946 bits per heavy atom. The van der Waals surface area contributed by atoms with Crippen LogP contribution < -0.4 is 15.4 Å². The van der Waals surface area contributed by atoms with Crippen LogP contribution >= 0.6 is 11.6 Å². The minimum atomic E-state index is -0.181. The van der Waals surface area contributed by atoms with E-state index in [9.17, 15) is 0 Å². The molecule has 0 unspecified atom stereocenters. The van der Waals surface area contributed by atoms with Crippen molar-refractivity contribution in [1.82, 2.24) is 15.0 Å². The average molecular weight is 517 g/mol. The fourth-order valence-electron chi connectivity index (χ4n) is 4.38. The van der Waals surface area contributed by atoms with E-state index in [0.29, 0.717) is 49.0 Å². The van der Waals surface area contributed by atoms with Crippen molar-refractivity contribution in [3.63, 3.8) is 0 Å². The zero-order valence-corrected chi connectivity index (χ0v) is 20.7. The Morgan fingerprint density at radius 2 is 1.81 bits per heavy atom. The molecule has 0 bridgehead atoms. The number of hydrogen-bond donors (Lipinski definition) is 2. The Hall–Kier alpha value is -3.95. The van der Waals surface area contributed by atoms with Gasteiger partial charge in [0.15, 0.2) is 0 Å². The van der Waals surface area contributed by atoms with Crippen LogP contribution in [0.4, 0.5) is 17.2 Å². The molecule has 6 rings (SSSR count). The predicted molar refractivity (Wildman–Crippen MR) is 143 cm³/mol. The number of benzene rings is 2. The number of ether oxygens (including phenoxy) is 3. The standard InChI is InChI=1S/C27H25ClN6O3/c28-22-14-19(5-7-24(22)36-15-20-3-1-2-10-29-20)32-25-21-13-18(4-6-23(21)30-17-31-25)33-26-34-27(16-37-26)8-11-35-12-9-27/h1-7,10,13-14,17H,8-9,11-12,15-16H2,(H,33,34)(H,30,31,32). The van der Waals surface area contributed by atoms with Crippen LogP contribution in [0, 0.1) is 0 Å². The first kappa shape index (κ1) is 23.4. The summed E-state index contributed by atoms with van der Waals surface area (Å²) in [4.78, 5) is 18.0.